The minimum absolute atomic E-state index is 0.0295. The van der Waals surface area contributed by atoms with Gasteiger partial charge in [-0.25, -0.2) is 0 Å². The molecule has 0 fully saturated rings. The van der Waals surface area contributed by atoms with Crippen LogP contribution in [0, 0.1) is 0 Å². The summed E-state index contributed by atoms with van der Waals surface area (Å²) in [5, 5.41) is 1.06. The van der Waals surface area contributed by atoms with Crippen LogP contribution in [0.5, 0.6) is 5.75 Å². The molecule has 106 valence electrons. The average Bonchev–Trinajstić information content (AvgIpc) is 2.48. The molecule has 0 aliphatic rings. The molecule has 3 N–H and O–H groups in total. The summed E-state index contributed by atoms with van der Waals surface area (Å²) < 4.78 is 5.14. The molecule has 0 aliphatic heterocycles. The third-order valence-corrected chi connectivity index (χ3v) is 3.89. The highest BCUT2D eigenvalue weighted by atomic mass is 35.5. The fourth-order valence-electron chi connectivity index (χ4n) is 2.00. The van der Waals surface area contributed by atoms with E-state index < -0.39 is 0 Å². The van der Waals surface area contributed by atoms with Gasteiger partial charge in [0, 0.05) is 0 Å². The summed E-state index contributed by atoms with van der Waals surface area (Å²) in [4.78, 5) is 0. The molecule has 1 atom stereocenters. The first-order chi connectivity index (χ1) is 9.63. The van der Waals surface area contributed by atoms with Gasteiger partial charge in [0.05, 0.1) is 23.2 Å². The van der Waals surface area contributed by atoms with Crippen LogP contribution in [0.2, 0.25) is 10.0 Å². The number of benzene rings is 2. The van der Waals surface area contributed by atoms with Crippen molar-refractivity contribution in [3.63, 3.8) is 0 Å². The van der Waals surface area contributed by atoms with Gasteiger partial charge in [0.1, 0.15) is 5.75 Å². The van der Waals surface area contributed by atoms with Gasteiger partial charge in [-0.1, -0.05) is 41.4 Å². The molecule has 0 heterocycles. The van der Waals surface area contributed by atoms with Crippen molar-refractivity contribution in [1.29, 1.82) is 0 Å². The van der Waals surface area contributed by atoms with Crippen LogP contribution in [0.4, 0.5) is 0 Å². The Morgan fingerprint density at radius 1 is 1.10 bits per heavy atom. The van der Waals surface area contributed by atoms with E-state index in [1.807, 2.05) is 36.4 Å². The standard InChI is InChI=1S/C15H16Cl2N2O/c1-20-12-5-2-10(3-6-12)8-15(19-18)11-4-7-13(16)14(17)9-11/h2-7,9,15,19H,8,18H2,1H3. The van der Waals surface area contributed by atoms with E-state index in [2.05, 4.69) is 5.43 Å². The van der Waals surface area contributed by atoms with Crippen LogP contribution in [0.3, 0.4) is 0 Å². The molecule has 1 unspecified atom stereocenters. The van der Waals surface area contributed by atoms with Crippen LogP contribution in [-0.2, 0) is 6.42 Å². The smallest absolute Gasteiger partial charge is 0.118 e. The highest BCUT2D eigenvalue weighted by molar-refractivity contribution is 6.42. The second-order valence-electron chi connectivity index (χ2n) is 4.44. The zero-order chi connectivity index (χ0) is 14.5. The fourth-order valence-corrected chi connectivity index (χ4v) is 2.31. The van der Waals surface area contributed by atoms with E-state index in [0.717, 1.165) is 23.3 Å². The molecule has 2 aromatic rings. The zero-order valence-corrected chi connectivity index (χ0v) is 12.6. The Labute approximate surface area is 128 Å². The molecule has 2 rings (SSSR count). The van der Waals surface area contributed by atoms with Gasteiger partial charge in [0.15, 0.2) is 0 Å². The second-order valence-corrected chi connectivity index (χ2v) is 5.26. The highest BCUT2D eigenvalue weighted by Gasteiger charge is 2.12. The number of hydrogen-bond acceptors (Lipinski definition) is 3. The second kappa shape index (κ2) is 6.95. The summed E-state index contributed by atoms with van der Waals surface area (Å²) in [5.41, 5.74) is 4.96. The predicted molar refractivity (Wildman–Crippen MR) is 83.2 cm³/mol. The van der Waals surface area contributed by atoms with Gasteiger partial charge >= 0.3 is 0 Å². The van der Waals surface area contributed by atoms with Crippen LogP contribution in [0.15, 0.2) is 42.5 Å². The Balaban J connectivity index is 2.16. The van der Waals surface area contributed by atoms with Crippen molar-refractivity contribution >= 4 is 23.2 Å². The van der Waals surface area contributed by atoms with Gasteiger partial charge in [-0.05, 0) is 41.8 Å². The van der Waals surface area contributed by atoms with Gasteiger partial charge in [-0.15, -0.1) is 0 Å². The SMILES string of the molecule is COc1ccc(CC(NN)c2ccc(Cl)c(Cl)c2)cc1. The molecule has 0 spiro atoms. The lowest BCUT2D eigenvalue weighted by Gasteiger charge is -2.17. The lowest BCUT2D eigenvalue weighted by molar-refractivity contribution is 0.414. The first-order valence-electron chi connectivity index (χ1n) is 6.18. The predicted octanol–water partition coefficient (Wildman–Crippen LogP) is 3.75. The maximum absolute atomic E-state index is 6.04. The van der Waals surface area contributed by atoms with E-state index in [0.29, 0.717) is 10.0 Å². The molecule has 0 bridgehead atoms. The molecule has 0 aliphatic carbocycles. The Kier molecular flexibility index (Phi) is 5.26. The first-order valence-corrected chi connectivity index (χ1v) is 6.93. The summed E-state index contributed by atoms with van der Waals surface area (Å²) in [7, 11) is 1.65. The summed E-state index contributed by atoms with van der Waals surface area (Å²) in [6.07, 6.45) is 0.748. The summed E-state index contributed by atoms with van der Waals surface area (Å²) in [6, 6.07) is 13.4. The van der Waals surface area contributed by atoms with Crippen molar-refractivity contribution in [2.45, 2.75) is 12.5 Å². The van der Waals surface area contributed by atoms with Crippen molar-refractivity contribution < 1.29 is 4.74 Å². The van der Waals surface area contributed by atoms with Crippen LogP contribution in [-0.4, -0.2) is 7.11 Å². The van der Waals surface area contributed by atoms with E-state index in [1.54, 1.807) is 13.2 Å². The molecule has 0 amide bonds. The maximum atomic E-state index is 6.04. The fraction of sp³-hybridized carbons (Fsp3) is 0.200. The normalized spacial score (nSPS) is 12.2. The summed E-state index contributed by atoms with van der Waals surface area (Å²) in [5.74, 6) is 6.48. The lowest BCUT2D eigenvalue weighted by atomic mass is 9.99. The van der Waals surface area contributed by atoms with E-state index in [-0.39, 0.29) is 6.04 Å². The van der Waals surface area contributed by atoms with Gasteiger partial charge in [0.2, 0.25) is 0 Å². The first kappa shape index (κ1) is 15.1. The van der Waals surface area contributed by atoms with Crippen molar-refractivity contribution in [2.24, 2.45) is 5.84 Å². The molecular formula is C15H16Cl2N2O. The van der Waals surface area contributed by atoms with Crippen LogP contribution >= 0.6 is 23.2 Å². The van der Waals surface area contributed by atoms with Crippen molar-refractivity contribution in [2.75, 3.05) is 7.11 Å². The number of halogens is 2. The maximum Gasteiger partial charge on any atom is 0.118 e. The van der Waals surface area contributed by atoms with Gasteiger partial charge in [0.25, 0.3) is 0 Å². The molecule has 20 heavy (non-hydrogen) atoms. The summed E-state index contributed by atoms with van der Waals surface area (Å²) >= 11 is 12.0. The number of hydrazine groups is 1. The number of ether oxygens (including phenoxy) is 1. The van der Waals surface area contributed by atoms with Gasteiger partial charge < -0.3 is 4.74 Å². The highest BCUT2D eigenvalue weighted by Crippen LogP contribution is 2.27. The number of nitrogens with one attached hydrogen (secondary N) is 1. The topological polar surface area (TPSA) is 47.3 Å². The third-order valence-electron chi connectivity index (χ3n) is 3.15. The Morgan fingerprint density at radius 2 is 1.80 bits per heavy atom. The van der Waals surface area contributed by atoms with Gasteiger partial charge in [-0.2, -0.15) is 0 Å². The number of methoxy groups -OCH3 is 1. The van der Waals surface area contributed by atoms with Crippen LogP contribution in [0.25, 0.3) is 0 Å². The third kappa shape index (κ3) is 3.64. The quantitative estimate of drug-likeness (QED) is 0.653. The van der Waals surface area contributed by atoms with Crippen LogP contribution < -0.4 is 16.0 Å². The average molecular weight is 311 g/mol. The molecule has 3 nitrogen and oxygen atoms in total. The Bertz CT molecular complexity index is 573. The van der Waals surface area contributed by atoms with Crippen molar-refractivity contribution in [3.05, 3.63) is 63.6 Å². The zero-order valence-electron chi connectivity index (χ0n) is 11.1. The molecule has 0 radical (unpaired) electrons. The van der Waals surface area contributed by atoms with Gasteiger partial charge in [-0.3, -0.25) is 11.3 Å². The van der Waals surface area contributed by atoms with Crippen molar-refractivity contribution in [1.82, 2.24) is 5.43 Å². The van der Waals surface area contributed by atoms with E-state index in [4.69, 9.17) is 33.8 Å². The molecule has 0 saturated carbocycles. The van der Waals surface area contributed by atoms with E-state index in [1.165, 1.54) is 0 Å². The molecule has 0 aromatic heterocycles. The summed E-state index contributed by atoms with van der Waals surface area (Å²) in [6.45, 7) is 0. The van der Waals surface area contributed by atoms with Crippen LogP contribution in [0.1, 0.15) is 17.2 Å². The molecule has 0 saturated heterocycles. The molecule has 5 heteroatoms. The number of nitrogens with two attached hydrogens (primary N) is 1. The number of hydrogen-bond donors (Lipinski definition) is 2. The number of rotatable bonds is 5. The lowest BCUT2D eigenvalue weighted by Crippen LogP contribution is -2.29. The largest absolute Gasteiger partial charge is 0.497 e. The minimum Gasteiger partial charge on any atom is -0.497 e. The Hall–Kier alpha value is -1.26. The minimum atomic E-state index is -0.0295. The monoisotopic (exact) mass is 310 g/mol. The Morgan fingerprint density at radius 3 is 2.35 bits per heavy atom. The molecular weight excluding hydrogens is 295 g/mol. The molecule has 2 aromatic carbocycles. The van der Waals surface area contributed by atoms with E-state index in [9.17, 15) is 0 Å². The van der Waals surface area contributed by atoms with Crippen molar-refractivity contribution in [3.8, 4) is 5.75 Å². The van der Waals surface area contributed by atoms with E-state index >= 15 is 0 Å².